The van der Waals surface area contributed by atoms with Crippen LogP contribution in [0.2, 0.25) is 0 Å². The molecule has 1 aliphatic rings. The molecule has 10 heteroatoms. The Morgan fingerprint density at radius 3 is 2.48 bits per heavy atom. The van der Waals surface area contributed by atoms with Gasteiger partial charge in [-0.25, -0.2) is 13.2 Å². The summed E-state index contributed by atoms with van der Waals surface area (Å²) in [6, 6.07) is 13.5. The minimum absolute atomic E-state index is 0.190. The van der Waals surface area contributed by atoms with Crippen LogP contribution in [-0.4, -0.2) is 66.3 Å². The molecule has 3 heterocycles. The number of benzene rings is 1. The fourth-order valence-electron chi connectivity index (χ4n) is 3.49. The Morgan fingerprint density at radius 2 is 1.84 bits per heavy atom. The number of nitrogens with zero attached hydrogens (tertiary/aromatic N) is 4. The first kappa shape index (κ1) is 21.5. The molecule has 0 N–H and O–H groups in total. The van der Waals surface area contributed by atoms with Gasteiger partial charge in [-0.1, -0.05) is 36.4 Å². The molecule has 0 unspecified atom stereocenters. The number of rotatable bonds is 6. The van der Waals surface area contributed by atoms with Crippen molar-refractivity contribution in [2.24, 2.45) is 0 Å². The Labute approximate surface area is 185 Å². The third-order valence-electron chi connectivity index (χ3n) is 5.05. The highest BCUT2D eigenvalue weighted by Gasteiger charge is 2.34. The second-order valence-electron chi connectivity index (χ2n) is 7.09. The lowest BCUT2D eigenvalue weighted by molar-refractivity contribution is 0.0934. The third-order valence-corrected chi connectivity index (χ3v) is 7.83. The maximum atomic E-state index is 13.5. The average Bonchev–Trinajstić information content (AvgIpc) is 3.45. The van der Waals surface area contributed by atoms with E-state index in [9.17, 15) is 13.2 Å². The summed E-state index contributed by atoms with van der Waals surface area (Å²) >= 11 is 1.45. The summed E-state index contributed by atoms with van der Waals surface area (Å²) < 4.78 is 35.1. The molecular weight excluding hydrogens is 436 g/mol. The summed E-state index contributed by atoms with van der Waals surface area (Å²) in [5, 5.41) is 6.52. The van der Waals surface area contributed by atoms with Crippen LogP contribution in [0.4, 0.5) is 4.79 Å². The number of aromatic nitrogens is 2. The van der Waals surface area contributed by atoms with Crippen LogP contribution in [0.25, 0.3) is 10.6 Å². The van der Waals surface area contributed by atoms with Gasteiger partial charge in [-0.05, 0) is 23.9 Å². The van der Waals surface area contributed by atoms with Crippen LogP contribution < -0.4 is 0 Å². The molecule has 0 radical (unpaired) electrons. The van der Waals surface area contributed by atoms with Gasteiger partial charge in [-0.15, -0.1) is 11.3 Å². The van der Waals surface area contributed by atoms with E-state index in [1.807, 2.05) is 47.8 Å². The minimum Gasteiger partial charge on any atom is -0.450 e. The summed E-state index contributed by atoms with van der Waals surface area (Å²) in [5.74, 6) is 0. The molecule has 31 heavy (non-hydrogen) atoms. The molecule has 1 aliphatic heterocycles. The van der Waals surface area contributed by atoms with Crippen molar-refractivity contribution in [1.82, 2.24) is 19.0 Å². The van der Waals surface area contributed by atoms with Crippen LogP contribution in [-0.2, 0) is 21.3 Å². The van der Waals surface area contributed by atoms with E-state index in [4.69, 9.17) is 4.74 Å². The molecular formula is C21H24N4O4S2. The Hall–Kier alpha value is -2.69. The molecule has 2 aromatic heterocycles. The number of sulfonamides is 1. The number of hydrogen-bond donors (Lipinski definition) is 0. The van der Waals surface area contributed by atoms with E-state index in [-0.39, 0.29) is 18.0 Å². The molecule has 1 amide bonds. The molecule has 0 bridgehead atoms. The van der Waals surface area contributed by atoms with E-state index < -0.39 is 16.1 Å². The number of amides is 1. The Morgan fingerprint density at radius 1 is 1.10 bits per heavy atom. The number of piperazine rings is 1. The normalized spacial score (nSPS) is 15.2. The Balaban J connectivity index is 1.60. The van der Waals surface area contributed by atoms with Crippen LogP contribution in [0.1, 0.15) is 12.5 Å². The molecule has 1 aromatic carbocycles. The van der Waals surface area contributed by atoms with Crippen molar-refractivity contribution in [3.63, 3.8) is 0 Å². The molecule has 0 spiro atoms. The summed E-state index contributed by atoms with van der Waals surface area (Å²) in [5.41, 5.74) is 1.49. The van der Waals surface area contributed by atoms with E-state index in [0.717, 1.165) is 10.4 Å². The molecule has 8 nitrogen and oxygen atoms in total. The monoisotopic (exact) mass is 460 g/mol. The first-order valence-electron chi connectivity index (χ1n) is 10.1. The standard InChI is InChI=1S/C21H24N4O4S2/c1-2-29-21(26)23-10-12-25(13-11-23)31(27,28)19-16-24(15-17-7-4-3-5-8-17)22-20(19)18-9-6-14-30-18/h3-9,14,16H,2,10-13,15H2,1H3. The van der Waals surface area contributed by atoms with Crippen molar-refractivity contribution in [2.45, 2.75) is 18.4 Å². The summed E-state index contributed by atoms with van der Waals surface area (Å²) in [7, 11) is -3.77. The van der Waals surface area contributed by atoms with Crippen molar-refractivity contribution in [1.29, 1.82) is 0 Å². The first-order chi connectivity index (χ1) is 15.0. The molecule has 164 valence electrons. The van der Waals surface area contributed by atoms with Crippen LogP contribution in [0, 0.1) is 0 Å². The van der Waals surface area contributed by atoms with E-state index in [0.29, 0.717) is 31.9 Å². The molecule has 3 aromatic rings. The zero-order valence-electron chi connectivity index (χ0n) is 17.2. The second-order valence-corrected chi connectivity index (χ2v) is 9.95. The SMILES string of the molecule is CCOC(=O)N1CCN(S(=O)(=O)c2cn(Cc3ccccc3)nc2-c2cccs2)CC1. The van der Waals surface area contributed by atoms with Gasteiger partial charge in [-0.2, -0.15) is 9.40 Å². The lowest BCUT2D eigenvalue weighted by atomic mass is 10.2. The Bertz CT molecular complexity index is 1120. The minimum atomic E-state index is -3.77. The van der Waals surface area contributed by atoms with Gasteiger partial charge in [0.05, 0.1) is 18.0 Å². The van der Waals surface area contributed by atoms with E-state index in [2.05, 4.69) is 5.10 Å². The highest BCUT2D eigenvalue weighted by molar-refractivity contribution is 7.89. The summed E-state index contributed by atoms with van der Waals surface area (Å²) in [6.07, 6.45) is 1.20. The second kappa shape index (κ2) is 9.21. The van der Waals surface area contributed by atoms with Gasteiger partial charge in [-0.3, -0.25) is 4.68 Å². The number of thiophene rings is 1. The number of hydrogen-bond acceptors (Lipinski definition) is 6. The van der Waals surface area contributed by atoms with Gasteiger partial charge in [0.1, 0.15) is 10.6 Å². The lowest BCUT2D eigenvalue weighted by Gasteiger charge is -2.33. The quantitative estimate of drug-likeness (QED) is 0.564. The van der Waals surface area contributed by atoms with Gasteiger partial charge in [0.25, 0.3) is 0 Å². The molecule has 0 atom stereocenters. The van der Waals surface area contributed by atoms with Gasteiger partial charge < -0.3 is 9.64 Å². The number of carbonyl (C=O) groups is 1. The van der Waals surface area contributed by atoms with Crippen molar-refractivity contribution >= 4 is 27.5 Å². The lowest BCUT2D eigenvalue weighted by Crippen LogP contribution is -2.50. The smallest absolute Gasteiger partial charge is 0.409 e. The maximum absolute atomic E-state index is 13.5. The number of ether oxygens (including phenoxy) is 1. The molecule has 0 saturated carbocycles. The van der Waals surface area contributed by atoms with Gasteiger partial charge in [0, 0.05) is 32.4 Å². The summed E-state index contributed by atoms with van der Waals surface area (Å²) in [6.45, 7) is 3.55. The fraction of sp³-hybridized carbons (Fsp3) is 0.333. The van der Waals surface area contributed by atoms with Gasteiger partial charge in [0.15, 0.2) is 0 Å². The molecule has 4 rings (SSSR count). The molecule has 0 aliphatic carbocycles. The average molecular weight is 461 g/mol. The predicted octanol–water partition coefficient (Wildman–Crippen LogP) is 3.12. The summed E-state index contributed by atoms with van der Waals surface area (Å²) in [4.78, 5) is 14.5. The molecule has 1 fully saturated rings. The van der Waals surface area contributed by atoms with Crippen LogP contribution >= 0.6 is 11.3 Å². The number of carbonyl (C=O) groups excluding carboxylic acids is 1. The van der Waals surface area contributed by atoms with Crippen LogP contribution in [0.5, 0.6) is 0 Å². The Kier molecular flexibility index (Phi) is 6.40. The third kappa shape index (κ3) is 4.65. The highest BCUT2D eigenvalue weighted by Crippen LogP contribution is 2.32. The predicted molar refractivity (Wildman–Crippen MR) is 118 cm³/mol. The van der Waals surface area contributed by atoms with Crippen LogP contribution in [0.15, 0.2) is 58.9 Å². The largest absolute Gasteiger partial charge is 0.450 e. The van der Waals surface area contributed by atoms with Gasteiger partial charge in [0.2, 0.25) is 10.0 Å². The first-order valence-corrected chi connectivity index (χ1v) is 12.4. The van der Waals surface area contributed by atoms with E-state index in [1.54, 1.807) is 17.8 Å². The highest BCUT2D eigenvalue weighted by atomic mass is 32.2. The zero-order chi connectivity index (χ0) is 21.8. The van der Waals surface area contributed by atoms with Crippen LogP contribution in [0.3, 0.4) is 0 Å². The van der Waals surface area contributed by atoms with Crippen molar-refractivity contribution in [3.05, 3.63) is 59.6 Å². The van der Waals surface area contributed by atoms with Crippen molar-refractivity contribution in [2.75, 3.05) is 32.8 Å². The van der Waals surface area contributed by atoms with Gasteiger partial charge >= 0.3 is 6.09 Å². The van der Waals surface area contributed by atoms with E-state index in [1.165, 1.54) is 20.5 Å². The zero-order valence-corrected chi connectivity index (χ0v) is 18.8. The van der Waals surface area contributed by atoms with E-state index >= 15 is 0 Å². The topological polar surface area (TPSA) is 84.7 Å². The van der Waals surface area contributed by atoms with Crippen molar-refractivity contribution < 1.29 is 17.9 Å². The molecule has 1 saturated heterocycles. The fourth-order valence-corrected chi connectivity index (χ4v) is 5.85. The maximum Gasteiger partial charge on any atom is 0.409 e. The van der Waals surface area contributed by atoms with Crippen molar-refractivity contribution in [3.8, 4) is 10.6 Å².